The summed E-state index contributed by atoms with van der Waals surface area (Å²) in [6, 6.07) is 0.393. The third-order valence-electron chi connectivity index (χ3n) is 3.88. The van der Waals surface area contributed by atoms with Gasteiger partial charge in [-0.3, -0.25) is 0 Å². The number of ether oxygens (including phenoxy) is 2. The summed E-state index contributed by atoms with van der Waals surface area (Å²) in [6.45, 7) is 2.01. The van der Waals surface area contributed by atoms with Crippen molar-refractivity contribution >= 4 is 0 Å². The van der Waals surface area contributed by atoms with Crippen LogP contribution < -0.4 is 5.32 Å². The first-order valence-corrected chi connectivity index (χ1v) is 7.07. The topological polar surface area (TPSA) is 30.5 Å². The monoisotopic (exact) mass is 281 g/mol. The average molecular weight is 281 g/mol. The third kappa shape index (κ3) is 4.93. The van der Waals surface area contributed by atoms with Crippen LogP contribution in [0.4, 0.5) is 13.2 Å². The molecule has 1 aliphatic carbocycles. The summed E-state index contributed by atoms with van der Waals surface area (Å²) in [6.07, 6.45) is -0.203. The summed E-state index contributed by atoms with van der Waals surface area (Å²) in [7, 11) is 0. The molecule has 0 bridgehead atoms. The van der Waals surface area contributed by atoms with Crippen LogP contribution in [0.1, 0.15) is 44.9 Å². The minimum atomic E-state index is -4.02. The van der Waals surface area contributed by atoms with Gasteiger partial charge in [-0.15, -0.1) is 0 Å². The molecule has 0 aromatic carbocycles. The lowest BCUT2D eigenvalue weighted by molar-refractivity contribution is -0.179. The number of hydrogen-bond acceptors (Lipinski definition) is 3. The van der Waals surface area contributed by atoms with Crippen LogP contribution in [-0.4, -0.2) is 37.8 Å². The fourth-order valence-corrected chi connectivity index (χ4v) is 2.80. The van der Waals surface area contributed by atoms with Gasteiger partial charge in [0.2, 0.25) is 0 Å². The number of alkyl halides is 3. The van der Waals surface area contributed by atoms with Crippen LogP contribution in [0.15, 0.2) is 0 Å². The van der Waals surface area contributed by atoms with Crippen LogP contribution >= 0.6 is 0 Å². The number of unbranched alkanes of at least 4 members (excludes halogenated alkanes) is 1. The molecular formula is C13H22F3NO2. The van der Waals surface area contributed by atoms with Crippen molar-refractivity contribution in [2.75, 3.05) is 19.8 Å². The van der Waals surface area contributed by atoms with E-state index in [1.807, 2.05) is 0 Å². The Labute approximate surface area is 111 Å². The van der Waals surface area contributed by atoms with Gasteiger partial charge in [0.15, 0.2) is 5.79 Å². The minimum absolute atomic E-state index is 0.208. The highest BCUT2D eigenvalue weighted by Crippen LogP contribution is 2.35. The molecule has 6 heteroatoms. The van der Waals surface area contributed by atoms with Crippen LogP contribution in [0.2, 0.25) is 0 Å². The smallest absolute Gasteiger partial charge is 0.348 e. The number of nitrogens with one attached hydrogen (secondary N) is 1. The van der Waals surface area contributed by atoms with E-state index in [0.717, 1.165) is 25.7 Å². The molecule has 1 saturated heterocycles. The summed E-state index contributed by atoms with van der Waals surface area (Å²) in [5, 5.41) is 3.34. The molecule has 0 amide bonds. The largest absolute Gasteiger partial charge is 0.389 e. The molecule has 0 aromatic rings. The summed E-state index contributed by atoms with van der Waals surface area (Å²) in [4.78, 5) is 0. The van der Waals surface area contributed by atoms with Crippen molar-refractivity contribution in [2.24, 2.45) is 0 Å². The van der Waals surface area contributed by atoms with Crippen molar-refractivity contribution in [1.29, 1.82) is 0 Å². The SMILES string of the molecule is FC(F)(F)CCCCNC1CCC2(CC1)OCCO2. The Hall–Kier alpha value is -0.330. The Morgan fingerprint density at radius 2 is 1.68 bits per heavy atom. The summed E-state index contributed by atoms with van der Waals surface area (Å²) in [5.74, 6) is -0.353. The second kappa shape index (κ2) is 6.41. The molecule has 1 N–H and O–H groups in total. The zero-order chi connectivity index (χ0) is 13.8. The molecule has 1 aliphatic heterocycles. The molecule has 3 nitrogen and oxygen atoms in total. The quantitative estimate of drug-likeness (QED) is 0.786. The normalized spacial score (nSPS) is 24.2. The van der Waals surface area contributed by atoms with E-state index in [2.05, 4.69) is 5.32 Å². The molecular weight excluding hydrogens is 259 g/mol. The van der Waals surface area contributed by atoms with Gasteiger partial charge in [-0.2, -0.15) is 13.2 Å². The minimum Gasteiger partial charge on any atom is -0.348 e. The van der Waals surface area contributed by atoms with Crippen molar-refractivity contribution in [2.45, 2.75) is 63.0 Å². The first-order chi connectivity index (χ1) is 8.99. The Balaban J connectivity index is 1.54. The lowest BCUT2D eigenvalue weighted by Gasteiger charge is -2.35. The zero-order valence-electron chi connectivity index (χ0n) is 11.1. The molecule has 1 saturated carbocycles. The zero-order valence-corrected chi connectivity index (χ0v) is 11.1. The second-order valence-corrected chi connectivity index (χ2v) is 5.41. The Morgan fingerprint density at radius 3 is 2.26 bits per heavy atom. The molecule has 1 heterocycles. The number of hydrogen-bond donors (Lipinski definition) is 1. The lowest BCUT2D eigenvalue weighted by Crippen LogP contribution is -2.42. The average Bonchev–Trinajstić information content (AvgIpc) is 2.79. The first-order valence-electron chi connectivity index (χ1n) is 7.07. The van der Waals surface area contributed by atoms with Crippen molar-refractivity contribution in [1.82, 2.24) is 5.32 Å². The molecule has 1 spiro atoms. The van der Waals surface area contributed by atoms with Crippen LogP contribution in [-0.2, 0) is 9.47 Å². The van der Waals surface area contributed by atoms with Gasteiger partial charge < -0.3 is 14.8 Å². The summed E-state index contributed by atoms with van der Waals surface area (Å²) in [5.41, 5.74) is 0. The Morgan fingerprint density at radius 1 is 1.05 bits per heavy atom. The van der Waals surface area contributed by atoms with Crippen LogP contribution in [0.5, 0.6) is 0 Å². The highest BCUT2D eigenvalue weighted by Gasteiger charge is 2.40. The van der Waals surface area contributed by atoms with Gasteiger partial charge >= 0.3 is 6.18 Å². The van der Waals surface area contributed by atoms with Gasteiger partial charge in [0, 0.05) is 25.3 Å². The molecule has 0 radical (unpaired) electrons. The highest BCUT2D eigenvalue weighted by atomic mass is 19.4. The van der Waals surface area contributed by atoms with Gasteiger partial charge in [-0.05, 0) is 32.2 Å². The maximum Gasteiger partial charge on any atom is 0.389 e. The van der Waals surface area contributed by atoms with Gasteiger partial charge in [-0.25, -0.2) is 0 Å². The third-order valence-corrected chi connectivity index (χ3v) is 3.88. The Kier molecular flexibility index (Phi) is 5.09. The van der Waals surface area contributed by atoms with Crippen molar-refractivity contribution in [3.63, 3.8) is 0 Å². The maximum absolute atomic E-state index is 12.0. The predicted octanol–water partition coefficient (Wildman–Crippen LogP) is 2.99. The van der Waals surface area contributed by atoms with E-state index in [1.54, 1.807) is 0 Å². The van der Waals surface area contributed by atoms with Gasteiger partial charge in [0.05, 0.1) is 13.2 Å². The van der Waals surface area contributed by atoms with E-state index in [9.17, 15) is 13.2 Å². The standard InChI is InChI=1S/C13H22F3NO2/c14-13(15,16)5-1-2-8-17-11-3-6-12(7-4-11)18-9-10-19-12/h11,17H,1-10H2. The van der Waals surface area contributed by atoms with Gasteiger partial charge in [-0.1, -0.05) is 0 Å². The Bertz CT molecular complexity index is 268. The van der Waals surface area contributed by atoms with Crippen molar-refractivity contribution < 1.29 is 22.6 Å². The maximum atomic E-state index is 12.0. The molecule has 112 valence electrons. The van der Waals surface area contributed by atoms with E-state index in [0.29, 0.717) is 32.2 Å². The van der Waals surface area contributed by atoms with E-state index >= 15 is 0 Å². The predicted molar refractivity (Wildman–Crippen MR) is 64.8 cm³/mol. The number of rotatable bonds is 5. The number of halogens is 3. The van der Waals surface area contributed by atoms with Crippen molar-refractivity contribution in [3.8, 4) is 0 Å². The first kappa shape index (κ1) is 15.1. The molecule has 2 fully saturated rings. The fourth-order valence-electron chi connectivity index (χ4n) is 2.80. The van der Waals surface area contributed by atoms with Gasteiger partial charge in [0.1, 0.15) is 0 Å². The van der Waals surface area contributed by atoms with Gasteiger partial charge in [0.25, 0.3) is 0 Å². The van der Waals surface area contributed by atoms with Crippen LogP contribution in [0, 0.1) is 0 Å². The van der Waals surface area contributed by atoms with Crippen molar-refractivity contribution in [3.05, 3.63) is 0 Å². The molecule has 0 aromatic heterocycles. The van der Waals surface area contributed by atoms with E-state index < -0.39 is 12.6 Å². The molecule has 19 heavy (non-hydrogen) atoms. The molecule has 2 rings (SSSR count). The molecule has 0 atom stereocenters. The molecule has 0 unspecified atom stereocenters. The summed E-state index contributed by atoms with van der Waals surface area (Å²) < 4.78 is 47.1. The fraction of sp³-hybridized carbons (Fsp3) is 1.00. The van der Waals surface area contributed by atoms with Crippen LogP contribution in [0.25, 0.3) is 0 Å². The van der Waals surface area contributed by atoms with Crippen LogP contribution in [0.3, 0.4) is 0 Å². The second-order valence-electron chi connectivity index (χ2n) is 5.41. The van der Waals surface area contributed by atoms with E-state index in [-0.39, 0.29) is 12.2 Å². The van der Waals surface area contributed by atoms with E-state index in [1.165, 1.54) is 0 Å². The highest BCUT2D eigenvalue weighted by molar-refractivity contribution is 4.85. The van der Waals surface area contributed by atoms with E-state index in [4.69, 9.17) is 9.47 Å². The molecule has 2 aliphatic rings. The summed E-state index contributed by atoms with van der Waals surface area (Å²) >= 11 is 0. The lowest BCUT2D eigenvalue weighted by atomic mass is 9.90.